The summed E-state index contributed by atoms with van der Waals surface area (Å²) in [6, 6.07) is 4.57. The van der Waals surface area contributed by atoms with Crippen LogP contribution >= 0.6 is 0 Å². The van der Waals surface area contributed by atoms with Crippen LogP contribution < -0.4 is 0 Å². The van der Waals surface area contributed by atoms with Crippen molar-refractivity contribution < 1.29 is 17.6 Å². The van der Waals surface area contributed by atoms with Crippen molar-refractivity contribution in [3.05, 3.63) is 35.1 Å². The number of rotatable bonds is 2. The SMILES string of the molecule is Cc1ccc(C(=O)C2CC3CCC(C2)S3(=O)=O)c(F)c1. The predicted octanol–water partition coefficient (Wildman–Crippen LogP) is 2.67. The van der Waals surface area contributed by atoms with E-state index in [9.17, 15) is 17.6 Å². The number of halogens is 1. The second-order valence-electron chi connectivity index (χ2n) is 5.93. The Kier molecular flexibility index (Phi) is 3.20. The first-order valence-corrected chi connectivity index (χ1v) is 8.53. The van der Waals surface area contributed by atoms with Crippen molar-refractivity contribution in [1.82, 2.24) is 0 Å². The Bertz CT molecular complexity index is 646. The van der Waals surface area contributed by atoms with Crippen molar-refractivity contribution in [2.45, 2.75) is 43.1 Å². The number of carbonyl (C=O) groups excluding carboxylic acids is 1. The molecule has 2 saturated heterocycles. The summed E-state index contributed by atoms with van der Waals surface area (Å²) in [6.45, 7) is 1.77. The number of aryl methyl sites for hydroxylation is 1. The van der Waals surface area contributed by atoms with Gasteiger partial charge in [-0.2, -0.15) is 0 Å². The van der Waals surface area contributed by atoms with Gasteiger partial charge in [-0.05, 0) is 50.3 Å². The van der Waals surface area contributed by atoms with Crippen LogP contribution in [0.3, 0.4) is 0 Å². The summed E-state index contributed by atoms with van der Waals surface area (Å²) in [5, 5.41) is -0.799. The highest BCUT2D eigenvalue weighted by atomic mass is 32.2. The maximum absolute atomic E-state index is 13.9. The van der Waals surface area contributed by atoms with E-state index in [0.29, 0.717) is 25.7 Å². The van der Waals surface area contributed by atoms with Gasteiger partial charge in [0.25, 0.3) is 0 Å². The van der Waals surface area contributed by atoms with Gasteiger partial charge in [-0.3, -0.25) is 4.79 Å². The van der Waals surface area contributed by atoms with Gasteiger partial charge in [-0.15, -0.1) is 0 Å². The van der Waals surface area contributed by atoms with E-state index in [1.807, 2.05) is 0 Å². The largest absolute Gasteiger partial charge is 0.294 e. The Labute approximate surface area is 118 Å². The Balaban J connectivity index is 1.86. The monoisotopic (exact) mass is 296 g/mol. The summed E-state index contributed by atoms with van der Waals surface area (Å²) in [5.74, 6) is -1.10. The zero-order valence-corrected chi connectivity index (χ0v) is 12.1. The lowest BCUT2D eigenvalue weighted by Gasteiger charge is -2.27. The number of sulfone groups is 1. The average molecular weight is 296 g/mol. The van der Waals surface area contributed by atoms with E-state index in [0.717, 1.165) is 5.56 Å². The molecule has 0 spiro atoms. The van der Waals surface area contributed by atoms with Gasteiger partial charge in [-0.1, -0.05) is 6.07 Å². The van der Waals surface area contributed by atoms with Crippen molar-refractivity contribution in [1.29, 1.82) is 0 Å². The highest BCUT2D eigenvalue weighted by Crippen LogP contribution is 2.42. The van der Waals surface area contributed by atoms with Gasteiger partial charge < -0.3 is 0 Å². The quantitative estimate of drug-likeness (QED) is 0.788. The molecule has 1 aromatic carbocycles. The Morgan fingerprint density at radius 1 is 1.20 bits per heavy atom. The third-order valence-corrected chi connectivity index (χ3v) is 7.31. The molecular formula is C15H17FO3S. The lowest BCUT2D eigenvalue weighted by atomic mass is 9.90. The number of hydrogen-bond donors (Lipinski definition) is 0. The third kappa shape index (κ3) is 2.08. The van der Waals surface area contributed by atoms with Crippen LogP contribution in [0.15, 0.2) is 18.2 Å². The van der Waals surface area contributed by atoms with Gasteiger partial charge in [0, 0.05) is 5.92 Å². The number of fused-ring (bicyclic) bond motifs is 2. The fourth-order valence-corrected chi connectivity index (χ4v) is 5.94. The van der Waals surface area contributed by atoms with Gasteiger partial charge in [-0.25, -0.2) is 12.8 Å². The molecular weight excluding hydrogens is 279 g/mol. The van der Waals surface area contributed by atoms with Crippen LogP contribution in [0.5, 0.6) is 0 Å². The average Bonchev–Trinajstić information content (AvgIpc) is 2.57. The van der Waals surface area contributed by atoms with Gasteiger partial charge in [0.05, 0.1) is 16.1 Å². The molecule has 0 amide bonds. The zero-order valence-electron chi connectivity index (χ0n) is 11.3. The molecule has 0 saturated carbocycles. The normalized spacial score (nSPS) is 31.2. The summed E-state index contributed by atoms with van der Waals surface area (Å²) in [7, 11) is -3.04. The molecule has 3 rings (SSSR count). The minimum Gasteiger partial charge on any atom is -0.294 e. The molecule has 20 heavy (non-hydrogen) atoms. The predicted molar refractivity (Wildman–Crippen MR) is 73.9 cm³/mol. The standard InChI is InChI=1S/C15H17FO3S/c1-9-2-5-13(14(16)6-9)15(17)10-7-11-3-4-12(8-10)20(11,18)19/h2,5-6,10-12H,3-4,7-8H2,1H3. The van der Waals surface area contributed by atoms with Gasteiger partial charge in [0.2, 0.25) is 0 Å². The van der Waals surface area contributed by atoms with E-state index in [1.54, 1.807) is 13.0 Å². The van der Waals surface area contributed by atoms with E-state index in [2.05, 4.69) is 0 Å². The zero-order chi connectivity index (χ0) is 14.5. The number of hydrogen-bond acceptors (Lipinski definition) is 3. The van der Waals surface area contributed by atoms with Gasteiger partial charge in [0.15, 0.2) is 15.6 Å². The first-order chi connectivity index (χ1) is 9.39. The fourth-order valence-electron chi connectivity index (χ4n) is 3.46. The Morgan fingerprint density at radius 3 is 2.35 bits per heavy atom. The number of Topliss-reactive ketones (excluding diaryl/α,β-unsaturated/α-hetero) is 1. The highest BCUT2D eigenvalue weighted by Gasteiger charge is 2.48. The lowest BCUT2D eigenvalue weighted by Crippen LogP contribution is -2.36. The maximum atomic E-state index is 13.9. The topological polar surface area (TPSA) is 51.2 Å². The molecule has 3 nitrogen and oxygen atoms in total. The molecule has 2 aliphatic heterocycles. The van der Waals surface area contributed by atoms with Crippen LogP contribution in [0, 0.1) is 18.7 Å². The van der Waals surface area contributed by atoms with E-state index in [-0.39, 0.29) is 17.3 Å². The summed E-state index contributed by atoms with van der Waals surface area (Å²) < 4.78 is 37.9. The molecule has 108 valence electrons. The molecule has 2 bridgehead atoms. The molecule has 0 aliphatic carbocycles. The van der Waals surface area contributed by atoms with E-state index >= 15 is 0 Å². The molecule has 2 fully saturated rings. The van der Waals surface area contributed by atoms with E-state index in [1.165, 1.54) is 12.1 Å². The highest BCUT2D eigenvalue weighted by molar-refractivity contribution is 7.93. The van der Waals surface area contributed by atoms with Crippen LogP contribution in [0.2, 0.25) is 0 Å². The van der Waals surface area contributed by atoms with Gasteiger partial charge in [0.1, 0.15) is 5.82 Å². The third-order valence-electron chi connectivity index (χ3n) is 4.60. The maximum Gasteiger partial charge on any atom is 0.168 e. The molecule has 2 heterocycles. The van der Waals surface area contributed by atoms with E-state index in [4.69, 9.17) is 0 Å². The summed E-state index contributed by atoms with van der Waals surface area (Å²) in [4.78, 5) is 12.4. The second-order valence-corrected chi connectivity index (χ2v) is 8.44. The van der Waals surface area contributed by atoms with Crippen LogP contribution in [-0.2, 0) is 9.84 Å². The minimum absolute atomic E-state index is 0.0966. The van der Waals surface area contributed by atoms with Crippen LogP contribution in [0.25, 0.3) is 0 Å². The summed E-state index contributed by atoms with van der Waals surface area (Å²) in [6.07, 6.45) is 2.00. The van der Waals surface area contributed by atoms with E-state index < -0.39 is 26.2 Å². The van der Waals surface area contributed by atoms with Crippen molar-refractivity contribution in [2.75, 3.05) is 0 Å². The number of benzene rings is 1. The lowest BCUT2D eigenvalue weighted by molar-refractivity contribution is 0.0901. The van der Waals surface area contributed by atoms with Crippen molar-refractivity contribution in [3.63, 3.8) is 0 Å². The molecule has 0 N–H and O–H groups in total. The van der Waals surface area contributed by atoms with Crippen molar-refractivity contribution in [3.8, 4) is 0 Å². The Hall–Kier alpha value is -1.23. The summed E-state index contributed by atoms with van der Waals surface area (Å²) in [5.41, 5.74) is 0.865. The molecule has 0 radical (unpaired) electrons. The molecule has 2 unspecified atom stereocenters. The molecule has 0 aromatic heterocycles. The smallest absolute Gasteiger partial charge is 0.168 e. The molecule has 5 heteroatoms. The fraction of sp³-hybridized carbons (Fsp3) is 0.533. The van der Waals surface area contributed by atoms with Crippen molar-refractivity contribution >= 4 is 15.6 Å². The van der Waals surface area contributed by atoms with Crippen LogP contribution in [0.1, 0.15) is 41.6 Å². The number of carbonyl (C=O) groups is 1. The molecule has 2 atom stereocenters. The van der Waals surface area contributed by atoms with Crippen LogP contribution in [-0.4, -0.2) is 24.7 Å². The second kappa shape index (κ2) is 4.65. The van der Waals surface area contributed by atoms with Crippen LogP contribution in [0.4, 0.5) is 4.39 Å². The Morgan fingerprint density at radius 2 is 1.80 bits per heavy atom. The van der Waals surface area contributed by atoms with Crippen molar-refractivity contribution in [2.24, 2.45) is 5.92 Å². The summed E-state index contributed by atoms with van der Waals surface area (Å²) >= 11 is 0. The first kappa shape index (κ1) is 13.7. The molecule has 2 aliphatic rings. The number of ketones is 1. The van der Waals surface area contributed by atoms with Gasteiger partial charge >= 0.3 is 0 Å². The first-order valence-electron chi connectivity index (χ1n) is 6.92. The minimum atomic E-state index is -3.04. The molecule has 1 aromatic rings.